The maximum absolute atomic E-state index is 11.8. The molecule has 3 heterocycles. The standard InChI is InChI=1S/C21H27ClN8O3S/c1-12(27-20(24-2)17-18(23)26-11-25-17)19-28-15-6-4-5-14(22)16(15)21(29-19)33-13-7-9-30(10-8-13)34(3,31)32/h4-6,11-13H,7-10,23H2,1-3H3,(H,24,27)(H,25,26). The molecule has 182 valence electrons. The third-order valence-corrected chi connectivity index (χ3v) is 7.29. The normalized spacial score (nSPS) is 17.1. The molecule has 4 N–H and O–H groups in total. The number of sulfonamides is 1. The first-order chi connectivity index (χ1) is 16.2. The Labute approximate surface area is 202 Å². The van der Waals surface area contributed by atoms with Gasteiger partial charge in [0.2, 0.25) is 15.9 Å². The van der Waals surface area contributed by atoms with Crippen molar-refractivity contribution in [2.75, 3.05) is 32.1 Å². The van der Waals surface area contributed by atoms with Gasteiger partial charge in [0.25, 0.3) is 0 Å². The maximum Gasteiger partial charge on any atom is 0.226 e. The first kappa shape index (κ1) is 24.2. The molecule has 1 aromatic carbocycles. The summed E-state index contributed by atoms with van der Waals surface area (Å²) in [6.45, 7) is 2.69. The van der Waals surface area contributed by atoms with E-state index in [1.54, 1.807) is 13.1 Å². The van der Waals surface area contributed by atoms with Crippen LogP contribution in [0.3, 0.4) is 0 Å². The van der Waals surface area contributed by atoms with E-state index in [9.17, 15) is 8.42 Å². The van der Waals surface area contributed by atoms with Gasteiger partial charge in [-0.3, -0.25) is 4.99 Å². The van der Waals surface area contributed by atoms with Gasteiger partial charge in [0, 0.05) is 20.1 Å². The summed E-state index contributed by atoms with van der Waals surface area (Å²) >= 11 is 6.48. The van der Waals surface area contributed by atoms with Crippen molar-refractivity contribution in [1.82, 2.24) is 29.6 Å². The minimum absolute atomic E-state index is 0.193. The van der Waals surface area contributed by atoms with Gasteiger partial charge in [0.05, 0.1) is 34.6 Å². The minimum Gasteiger partial charge on any atom is -0.474 e. The van der Waals surface area contributed by atoms with Crippen LogP contribution in [0, 0.1) is 0 Å². The molecule has 1 aliphatic rings. The number of aromatic nitrogens is 4. The van der Waals surface area contributed by atoms with Crippen molar-refractivity contribution < 1.29 is 13.2 Å². The zero-order valence-corrected chi connectivity index (χ0v) is 20.7. The molecule has 1 saturated heterocycles. The Morgan fingerprint density at radius 1 is 1.35 bits per heavy atom. The van der Waals surface area contributed by atoms with Crippen LogP contribution in [0.5, 0.6) is 5.88 Å². The van der Waals surface area contributed by atoms with E-state index in [4.69, 9.17) is 27.1 Å². The van der Waals surface area contributed by atoms with Gasteiger partial charge in [0.1, 0.15) is 17.6 Å². The number of hydrogen-bond acceptors (Lipinski definition) is 8. The molecule has 1 atom stereocenters. The molecule has 4 rings (SSSR count). The number of amidine groups is 1. The second-order valence-corrected chi connectivity index (χ2v) is 10.5. The predicted octanol–water partition coefficient (Wildman–Crippen LogP) is 2.12. The quantitative estimate of drug-likeness (QED) is 0.339. The summed E-state index contributed by atoms with van der Waals surface area (Å²) in [6, 6.07) is 5.08. The van der Waals surface area contributed by atoms with Crippen LogP contribution in [0.4, 0.5) is 5.82 Å². The zero-order valence-electron chi connectivity index (χ0n) is 19.1. The molecule has 3 aromatic rings. The van der Waals surface area contributed by atoms with Crippen LogP contribution in [0.25, 0.3) is 10.9 Å². The molecule has 11 nitrogen and oxygen atoms in total. The molecule has 0 saturated carbocycles. The number of ether oxygens (including phenoxy) is 1. The fourth-order valence-corrected chi connectivity index (χ4v) is 4.98. The fourth-order valence-electron chi connectivity index (χ4n) is 3.86. The summed E-state index contributed by atoms with van der Waals surface area (Å²) in [7, 11) is -1.58. The first-order valence-electron chi connectivity index (χ1n) is 10.8. The van der Waals surface area contributed by atoms with Gasteiger partial charge in [-0.2, -0.15) is 4.98 Å². The van der Waals surface area contributed by atoms with Gasteiger partial charge in [-0.15, -0.1) is 0 Å². The number of anilines is 1. The highest BCUT2D eigenvalue weighted by atomic mass is 35.5. The lowest BCUT2D eigenvalue weighted by atomic mass is 10.1. The second kappa shape index (κ2) is 9.72. The molecule has 0 spiro atoms. The summed E-state index contributed by atoms with van der Waals surface area (Å²) in [4.78, 5) is 20.6. The Bertz CT molecular complexity index is 1320. The average Bonchev–Trinajstić information content (AvgIpc) is 3.22. The molecule has 0 aliphatic carbocycles. The largest absolute Gasteiger partial charge is 0.474 e. The van der Waals surface area contributed by atoms with E-state index in [0.717, 1.165) is 0 Å². The van der Waals surface area contributed by atoms with E-state index in [-0.39, 0.29) is 12.1 Å². The molecule has 0 amide bonds. The second-order valence-electron chi connectivity index (χ2n) is 8.10. The molecule has 13 heteroatoms. The van der Waals surface area contributed by atoms with Crippen LogP contribution in [0.2, 0.25) is 5.02 Å². The SMILES string of the molecule is CN=C(NC(C)c1nc(OC2CCN(S(C)(=O)=O)CC2)c2c(Cl)cccc2n1)c1[nH]cnc1N. The van der Waals surface area contributed by atoms with Crippen molar-refractivity contribution in [3.8, 4) is 5.88 Å². The number of nitrogens with one attached hydrogen (secondary N) is 2. The van der Waals surface area contributed by atoms with Crippen molar-refractivity contribution >= 4 is 44.2 Å². The number of fused-ring (bicyclic) bond motifs is 1. The highest BCUT2D eigenvalue weighted by Crippen LogP contribution is 2.32. The van der Waals surface area contributed by atoms with Crippen molar-refractivity contribution in [1.29, 1.82) is 0 Å². The molecule has 0 radical (unpaired) electrons. The van der Waals surface area contributed by atoms with E-state index in [1.807, 2.05) is 19.1 Å². The first-order valence-corrected chi connectivity index (χ1v) is 13.0. The molecule has 0 bridgehead atoms. The fraction of sp³-hybridized carbons (Fsp3) is 0.429. The number of piperidine rings is 1. The minimum atomic E-state index is -3.22. The van der Waals surface area contributed by atoms with Crippen molar-refractivity contribution in [3.63, 3.8) is 0 Å². The lowest BCUT2D eigenvalue weighted by molar-refractivity contribution is 0.131. The van der Waals surface area contributed by atoms with Gasteiger partial charge < -0.3 is 20.8 Å². The van der Waals surface area contributed by atoms with E-state index >= 15 is 0 Å². The smallest absolute Gasteiger partial charge is 0.226 e. The summed E-state index contributed by atoms with van der Waals surface area (Å²) in [5, 5.41) is 4.37. The average molecular weight is 507 g/mol. The van der Waals surface area contributed by atoms with Crippen molar-refractivity contribution in [2.24, 2.45) is 4.99 Å². The van der Waals surface area contributed by atoms with E-state index < -0.39 is 10.0 Å². The van der Waals surface area contributed by atoms with Gasteiger partial charge in [-0.1, -0.05) is 17.7 Å². The summed E-state index contributed by atoms with van der Waals surface area (Å²) in [5.74, 6) is 1.70. The third kappa shape index (κ3) is 5.08. The maximum atomic E-state index is 11.8. The van der Waals surface area contributed by atoms with Crippen molar-refractivity contribution in [3.05, 3.63) is 41.1 Å². The summed E-state index contributed by atoms with van der Waals surface area (Å²) in [5.41, 5.74) is 7.14. The van der Waals surface area contributed by atoms with Crippen LogP contribution < -0.4 is 15.8 Å². The Hall–Kier alpha value is -2.96. The molecule has 34 heavy (non-hydrogen) atoms. The topological polar surface area (TPSA) is 151 Å². The monoisotopic (exact) mass is 506 g/mol. The molecule has 1 aliphatic heterocycles. The molecule has 2 aromatic heterocycles. The Morgan fingerprint density at radius 2 is 2.09 bits per heavy atom. The molecular formula is C21H27ClN8O3S. The molecular weight excluding hydrogens is 480 g/mol. The van der Waals surface area contributed by atoms with Gasteiger partial charge >= 0.3 is 0 Å². The molecule has 1 unspecified atom stereocenters. The van der Waals surface area contributed by atoms with Crippen LogP contribution in [0.1, 0.15) is 37.3 Å². The lowest BCUT2D eigenvalue weighted by Crippen LogP contribution is -2.41. The van der Waals surface area contributed by atoms with E-state index in [2.05, 4.69) is 25.3 Å². The van der Waals surface area contributed by atoms with Crippen molar-refractivity contribution in [2.45, 2.75) is 31.9 Å². The number of hydrogen-bond donors (Lipinski definition) is 3. The lowest BCUT2D eigenvalue weighted by Gasteiger charge is -2.30. The van der Waals surface area contributed by atoms with Crippen LogP contribution in [-0.2, 0) is 10.0 Å². The molecule has 1 fully saturated rings. The summed E-state index contributed by atoms with van der Waals surface area (Å²) < 4.78 is 31.4. The van der Waals surface area contributed by atoms with Crippen LogP contribution in [-0.4, -0.2) is 71.0 Å². The summed E-state index contributed by atoms with van der Waals surface area (Å²) in [6.07, 6.45) is 3.63. The Morgan fingerprint density at radius 3 is 2.71 bits per heavy atom. The van der Waals surface area contributed by atoms with E-state index in [1.165, 1.54) is 16.9 Å². The number of H-pyrrole nitrogens is 1. The number of aromatic amines is 1. The van der Waals surface area contributed by atoms with Gasteiger partial charge in [0.15, 0.2) is 11.6 Å². The number of benzene rings is 1. The number of nitrogens with two attached hydrogens (primary N) is 1. The number of imidazole rings is 1. The number of halogens is 1. The van der Waals surface area contributed by atoms with E-state index in [0.29, 0.717) is 70.9 Å². The Kier molecular flexibility index (Phi) is 6.91. The van der Waals surface area contributed by atoms with Gasteiger partial charge in [-0.25, -0.2) is 22.7 Å². The van der Waals surface area contributed by atoms with Crippen LogP contribution >= 0.6 is 11.6 Å². The Balaban J connectivity index is 1.61. The number of nitrogens with zero attached hydrogens (tertiary/aromatic N) is 5. The third-order valence-electron chi connectivity index (χ3n) is 5.67. The number of nitrogen functional groups attached to an aromatic ring is 1. The van der Waals surface area contributed by atoms with Crippen LogP contribution in [0.15, 0.2) is 29.5 Å². The number of rotatable bonds is 6. The predicted molar refractivity (Wildman–Crippen MR) is 132 cm³/mol. The highest BCUT2D eigenvalue weighted by molar-refractivity contribution is 7.88. The number of aliphatic imine (C=N–C) groups is 1. The highest BCUT2D eigenvalue weighted by Gasteiger charge is 2.27. The van der Waals surface area contributed by atoms with Gasteiger partial charge in [-0.05, 0) is 31.9 Å². The zero-order chi connectivity index (χ0) is 24.5.